The number of phenolic OH excluding ortho intramolecular Hbond substituents is 1. The summed E-state index contributed by atoms with van der Waals surface area (Å²) in [5, 5.41) is 16.1. The highest BCUT2D eigenvalue weighted by molar-refractivity contribution is 5.98. The van der Waals surface area contributed by atoms with Crippen molar-refractivity contribution in [3.05, 3.63) is 53.1 Å². The molecule has 1 aliphatic heterocycles. The van der Waals surface area contributed by atoms with E-state index < -0.39 is 0 Å². The van der Waals surface area contributed by atoms with Crippen molar-refractivity contribution in [1.29, 1.82) is 0 Å². The Hall–Kier alpha value is -2.49. The average Bonchev–Trinajstić information content (AvgIpc) is 2.47. The van der Waals surface area contributed by atoms with Crippen molar-refractivity contribution in [3.63, 3.8) is 0 Å². The van der Waals surface area contributed by atoms with Crippen molar-refractivity contribution in [2.75, 3.05) is 12.1 Å². The number of phenols is 1. The first-order chi connectivity index (χ1) is 9.58. The van der Waals surface area contributed by atoms with Crippen molar-refractivity contribution in [2.24, 2.45) is 5.10 Å². The van der Waals surface area contributed by atoms with Gasteiger partial charge in [0, 0.05) is 24.2 Å². The standard InChI is InChI=1S/C16H16N2O2/c1-10-11(2)15-13(9-14(10)19)18(3)17-16(20-15)12-7-5-4-6-8-12/h4-9,19H,1-3H3. The number of hydrogen-bond donors (Lipinski definition) is 1. The molecule has 0 saturated heterocycles. The van der Waals surface area contributed by atoms with E-state index in [1.54, 1.807) is 11.1 Å². The van der Waals surface area contributed by atoms with Crippen molar-refractivity contribution in [3.8, 4) is 11.5 Å². The Balaban J connectivity index is 2.11. The van der Waals surface area contributed by atoms with Crippen LogP contribution in [0, 0.1) is 13.8 Å². The predicted molar refractivity (Wildman–Crippen MR) is 79.6 cm³/mol. The van der Waals surface area contributed by atoms with E-state index in [0.717, 1.165) is 28.1 Å². The molecule has 0 aliphatic carbocycles. The largest absolute Gasteiger partial charge is 0.508 e. The summed E-state index contributed by atoms with van der Waals surface area (Å²) in [7, 11) is 1.85. The molecule has 20 heavy (non-hydrogen) atoms. The van der Waals surface area contributed by atoms with Crippen LogP contribution in [0.15, 0.2) is 41.5 Å². The molecule has 3 rings (SSSR count). The van der Waals surface area contributed by atoms with Gasteiger partial charge in [-0.25, -0.2) is 0 Å². The third-order valence-electron chi connectivity index (χ3n) is 3.60. The summed E-state index contributed by atoms with van der Waals surface area (Å²) >= 11 is 0. The molecule has 0 saturated carbocycles. The Morgan fingerprint density at radius 2 is 1.80 bits per heavy atom. The molecule has 2 aromatic carbocycles. The summed E-state index contributed by atoms with van der Waals surface area (Å²) < 4.78 is 5.95. The van der Waals surface area contributed by atoms with Gasteiger partial charge in [-0.15, -0.1) is 5.10 Å². The van der Waals surface area contributed by atoms with Crippen LogP contribution in [-0.2, 0) is 0 Å². The minimum absolute atomic E-state index is 0.259. The summed E-state index contributed by atoms with van der Waals surface area (Å²) in [6, 6.07) is 11.5. The first-order valence-corrected chi connectivity index (χ1v) is 6.46. The van der Waals surface area contributed by atoms with E-state index >= 15 is 0 Å². The Morgan fingerprint density at radius 3 is 2.50 bits per heavy atom. The molecule has 0 unspecified atom stereocenters. The lowest BCUT2D eigenvalue weighted by Gasteiger charge is -2.27. The molecular formula is C16H16N2O2. The van der Waals surface area contributed by atoms with Crippen LogP contribution in [0.2, 0.25) is 0 Å². The Morgan fingerprint density at radius 1 is 1.10 bits per heavy atom. The zero-order chi connectivity index (χ0) is 14.3. The van der Waals surface area contributed by atoms with Crippen LogP contribution in [0.4, 0.5) is 5.69 Å². The zero-order valence-corrected chi connectivity index (χ0v) is 11.7. The molecule has 1 N–H and O–H groups in total. The van der Waals surface area contributed by atoms with Crippen LogP contribution in [0.1, 0.15) is 16.7 Å². The van der Waals surface area contributed by atoms with Gasteiger partial charge in [0.1, 0.15) is 11.4 Å². The number of ether oxygens (including phenoxy) is 1. The maximum atomic E-state index is 9.93. The quantitative estimate of drug-likeness (QED) is 0.863. The lowest BCUT2D eigenvalue weighted by atomic mass is 10.1. The van der Waals surface area contributed by atoms with Gasteiger partial charge in [0.25, 0.3) is 0 Å². The van der Waals surface area contributed by atoms with E-state index in [9.17, 15) is 5.11 Å². The molecule has 0 amide bonds. The summed E-state index contributed by atoms with van der Waals surface area (Å²) in [6.45, 7) is 3.82. The molecule has 0 atom stereocenters. The molecule has 4 nitrogen and oxygen atoms in total. The van der Waals surface area contributed by atoms with Crippen molar-refractivity contribution in [1.82, 2.24) is 0 Å². The number of fused-ring (bicyclic) bond motifs is 1. The number of rotatable bonds is 1. The topological polar surface area (TPSA) is 45.1 Å². The first-order valence-electron chi connectivity index (χ1n) is 6.46. The summed E-state index contributed by atoms with van der Waals surface area (Å²) in [6.07, 6.45) is 0. The fourth-order valence-corrected chi connectivity index (χ4v) is 2.23. The fraction of sp³-hybridized carbons (Fsp3) is 0.188. The normalized spacial score (nSPS) is 13.6. The van der Waals surface area contributed by atoms with E-state index in [4.69, 9.17) is 4.74 Å². The van der Waals surface area contributed by atoms with Crippen molar-refractivity contribution in [2.45, 2.75) is 13.8 Å². The van der Waals surface area contributed by atoms with Gasteiger partial charge in [-0.3, -0.25) is 5.01 Å². The van der Waals surface area contributed by atoms with Gasteiger partial charge in [-0.2, -0.15) is 0 Å². The molecule has 1 aliphatic rings. The maximum absolute atomic E-state index is 9.93. The van der Waals surface area contributed by atoms with Crippen molar-refractivity contribution < 1.29 is 9.84 Å². The molecule has 0 spiro atoms. The molecule has 0 bridgehead atoms. The monoisotopic (exact) mass is 268 g/mol. The van der Waals surface area contributed by atoms with Crippen LogP contribution >= 0.6 is 0 Å². The highest BCUT2D eigenvalue weighted by Gasteiger charge is 2.23. The van der Waals surface area contributed by atoms with Gasteiger partial charge in [0.15, 0.2) is 5.75 Å². The number of anilines is 1. The SMILES string of the molecule is Cc1c(O)cc2c(c1C)OC(c1ccccc1)=NN2C. The second-order valence-corrected chi connectivity index (χ2v) is 4.89. The van der Waals surface area contributed by atoms with Crippen LogP contribution in [0.25, 0.3) is 0 Å². The Bertz CT molecular complexity index is 693. The van der Waals surface area contributed by atoms with Crippen LogP contribution in [0.5, 0.6) is 11.5 Å². The minimum Gasteiger partial charge on any atom is -0.508 e. The van der Waals surface area contributed by atoms with E-state index in [-0.39, 0.29) is 5.75 Å². The highest BCUT2D eigenvalue weighted by Crippen LogP contribution is 2.40. The number of hydrazone groups is 1. The van der Waals surface area contributed by atoms with Crippen LogP contribution < -0.4 is 9.75 Å². The predicted octanol–water partition coefficient (Wildman–Crippen LogP) is 3.20. The van der Waals surface area contributed by atoms with E-state index in [0.29, 0.717) is 5.90 Å². The number of aromatic hydroxyl groups is 1. The van der Waals surface area contributed by atoms with Gasteiger partial charge >= 0.3 is 0 Å². The molecule has 0 aromatic heterocycles. The highest BCUT2D eigenvalue weighted by atomic mass is 16.5. The molecule has 102 valence electrons. The zero-order valence-electron chi connectivity index (χ0n) is 11.7. The van der Waals surface area contributed by atoms with Gasteiger partial charge in [-0.1, -0.05) is 18.2 Å². The first kappa shape index (κ1) is 12.5. The van der Waals surface area contributed by atoms with Gasteiger partial charge in [-0.05, 0) is 31.5 Å². The lowest BCUT2D eigenvalue weighted by Crippen LogP contribution is -2.25. The molecule has 0 radical (unpaired) electrons. The lowest BCUT2D eigenvalue weighted by molar-refractivity contribution is 0.465. The maximum Gasteiger partial charge on any atom is 0.244 e. The second kappa shape index (κ2) is 4.56. The van der Waals surface area contributed by atoms with Crippen LogP contribution in [0.3, 0.4) is 0 Å². The summed E-state index contributed by atoms with van der Waals surface area (Å²) in [4.78, 5) is 0. The fourth-order valence-electron chi connectivity index (χ4n) is 2.23. The second-order valence-electron chi connectivity index (χ2n) is 4.89. The number of benzene rings is 2. The van der Waals surface area contributed by atoms with E-state index in [2.05, 4.69) is 5.10 Å². The number of nitrogens with zero attached hydrogens (tertiary/aromatic N) is 2. The van der Waals surface area contributed by atoms with Gasteiger partial charge in [0.2, 0.25) is 5.90 Å². The summed E-state index contributed by atoms with van der Waals surface area (Å²) in [5.41, 5.74) is 3.45. The molecular weight excluding hydrogens is 252 g/mol. The summed E-state index contributed by atoms with van der Waals surface area (Å²) in [5.74, 6) is 1.57. The van der Waals surface area contributed by atoms with E-state index in [1.807, 2.05) is 51.2 Å². The minimum atomic E-state index is 0.259. The molecule has 1 heterocycles. The number of hydrogen-bond acceptors (Lipinski definition) is 4. The van der Waals surface area contributed by atoms with Gasteiger partial charge < -0.3 is 9.84 Å². The smallest absolute Gasteiger partial charge is 0.244 e. The third kappa shape index (κ3) is 1.90. The Kier molecular flexibility index (Phi) is 2.86. The Labute approximate surface area is 117 Å². The average molecular weight is 268 g/mol. The van der Waals surface area contributed by atoms with E-state index in [1.165, 1.54) is 0 Å². The van der Waals surface area contributed by atoms with Gasteiger partial charge in [0.05, 0.1) is 0 Å². The molecule has 4 heteroatoms. The molecule has 0 fully saturated rings. The third-order valence-corrected chi connectivity index (χ3v) is 3.60. The van der Waals surface area contributed by atoms with Crippen LogP contribution in [-0.4, -0.2) is 18.1 Å². The molecule has 2 aromatic rings. The van der Waals surface area contributed by atoms with Crippen molar-refractivity contribution >= 4 is 11.6 Å².